The second-order valence-corrected chi connectivity index (χ2v) is 9.17. The van der Waals surface area contributed by atoms with Crippen LogP contribution in [0.1, 0.15) is 56.7 Å². The molecule has 1 saturated heterocycles. The topological polar surface area (TPSA) is 119 Å². The molecule has 0 spiro atoms. The van der Waals surface area contributed by atoms with Crippen molar-refractivity contribution in [3.05, 3.63) is 30.4 Å². The summed E-state index contributed by atoms with van der Waals surface area (Å²) >= 11 is 0. The van der Waals surface area contributed by atoms with E-state index in [1.165, 1.54) is 0 Å². The SMILES string of the molecule is COC[C@H](C)Nc1ncc2c(-c3cnn([C@@H]4CCNC4=O)c3)cc(C3CCC(O)CC3)n2n1. The van der Waals surface area contributed by atoms with E-state index in [0.717, 1.165) is 54.4 Å². The van der Waals surface area contributed by atoms with E-state index in [2.05, 4.69) is 26.8 Å². The zero-order valence-electron chi connectivity index (χ0n) is 19.1. The summed E-state index contributed by atoms with van der Waals surface area (Å²) in [6.45, 7) is 3.26. The van der Waals surface area contributed by atoms with Gasteiger partial charge in [0.2, 0.25) is 11.9 Å². The minimum absolute atomic E-state index is 0.0112. The highest BCUT2D eigenvalue weighted by Gasteiger charge is 2.28. The fraction of sp³-hybridized carbons (Fsp3) is 0.565. The van der Waals surface area contributed by atoms with Gasteiger partial charge in [0.15, 0.2) is 0 Å². The lowest BCUT2D eigenvalue weighted by atomic mass is 9.85. The number of amides is 1. The zero-order chi connectivity index (χ0) is 22.9. The Morgan fingerprint density at radius 1 is 1.27 bits per heavy atom. The Balaban J connectivity index is 1.53. The molecule has 10 heteroatoms. The van der Waals surface area contributed by atoms with E-state index >= 15 is 0 Å². The number of carbonyl (C=O) groups excluding carboxylic acids is 1. The van der Waals surface area contributed by atoms with Crippen LogP contribution in [-0.4, -0.2) is 67.8 Å². The molecule has 0 radical (unpaired) electrons. The molecule has 176 valence electrons. The summed E-state index contributed by atoms with van der Waals surface area (Å²) in [4.78, 5) is 16.7. The molecule has 2 aliphatic rings. The second-order valence-electron chi connectivity index (χ2n) is 9.17. The summed E-state index contributed by atoms with van der Waals surface area (Å²) in [6.07, 6.45) is 9.53. The van der Waals surface area contributed by atoms with Crippen molar-refractivity contribution < 1.29 is 14.6 Å². The van der Waals surface area contributed by atoms with Crippen molar-refractivity contribution in [3.63, 3.8) is 0 Å². The van der Waals surface area contributed by atoms with Gasteiger partial charge in [-0.05, 0) is 45.1 Å². The Kier molecular flexibility index (Phi) is 6.03. The molecular formula is C23H31N7O3. The normalized spacial score (nSPS) is 24.2. The molecule has 2 fully saturated rings. The first-order chi connectivity index (χ1) is 16.0. The van der Waals surface area contributed by atoms with Crippen LogP contribution in [-0.2, 0) is 9.53 Å². The number of rotatable bonds is 7. The van der Waals surface area contributed by atoms with Crippen LogP contribution < -0.4 is 10.6 Å². The van der Waals surface area contributed by atoms with Crippen molar-refractivity contribution in [1.82, 2.24) is 29.7 Å². The van der Waals surface area contributed by atoms with Crippen LogP contribution in [0.25, 0.3) is 16.6 Å². The summed E-state index contributed by atoms with van der Waals surface area (Å²) in [5.74, 6) is 0.867. The number of aromatic nitrogens is 5. The van der Waals surface area contributed by atoms with Crippen LogP contribution in [0.4, 0.5) is 5.95 Å². The van der Waals surface area contributed by atoms with E-state index in [1.807, 2.05) is 30.0 Å². The highest BCUT2D eigenvalue weighted by molar-refractivity contribution is 5.83. The first-order valence-electron chi connectivity index (χ1n) is 11.7. The molecule has 4 heterocycles. The largest absolute Gasteiger partial charge is 0.393 e. The summed E-state index contributed by atoms with van der Waals surface area (Å²) in [5, 5.41) is 25.5. The van der Waals surface area contributed by atoms with Crippen molar-refractivity contribution >= 4 is 17.4 Å². The molecule has 1 saturated carbocycles. The number of aliphatic hydroxyl groups excluding tert-OH is 1. The van der Waals surface area contributed by atoms with E-state index < -0.39 is 0 Å². The van der Waals surface area contributed by atoms with Crippen molar-refractivity contribution in [2.24, 2.45) is 0 Å². The number of hydrogen-bond acceptors (Lipinski definition) is 7. The Bertz CT molecular complexity index is 1130. The minimum atomic E-state index is -0.263. The summed E-state index contributed by atoms with van der Waals surface area (Å²) < 4.78 is 8.95. The summed E-state index contributed by atoms with van der Waals surface area (Å²) in [6, 6.07) is 1.98. The van der Waals surface area contributed by atoms with Crippen molar-refractivity contribution in [2.45, 2.75) is 63.1 Å². The second kappa shape index (κ2) is 9.11. The third-order valence-corrected chi connectivity index (χ3v) is 6.70. The lowest BCUT2D eigenvalue weighted by molar-refractivity contribution is -0.122. The van der Waals surface area contributed by atoms with E-state index in [9.17, 15) is 9.90 Å². The number of carbonyl (C=O) groups is 1. The number of hydrogen-bond donors (Lipinski definition) is 3. The van der Waals surface area contributed by atoms with Gasteiger partial charge in [0.05, 0.1) is 30.6 Å². The molecule has 0 aromatic carbocycles. The first-order valence-corrected chi connectivity index (χ1v) is 11.7. The number of nitrogens with zero attached hydrogens (tertiary/aromatic N) is 5. The van der Waals surface area contributed by atoms with Crippen LogP contribution in [0.3, 0.4) is 0 Å². The molecule has 1 aliphatic heterocycles. The van der Waals surface area contributed by atoms with Gasteiger partial charge in [-0.2, -0.15) is 5.10 Å². The fourth-order valence-electron chi connectivity index (χ4n) is 4.97. The smallest absolute Gasteiger partial charge is 0.244 e. The van der Waals surface area contributed by atoms with Crippen molar-refractivity contribution in [3.8, 4) is 11.1 Å². The molecule has 33 heavy (non-hydrogen) atoms. The van der Waals surface area contributed by atoms with Crippen LogP contribution in [0, 0.1) is 0 Å². The maximum atomic E-state index is 12.1. The molecule has 0 unspecified atom stereocenters. The number of fused-ring (bicyclic) bond motifs is 1. The predicted molar refractivity (Wildman–Crippen MR) is 123 cm³/mol. The van der Waals surface area contributed by atoms with Gasteiger partial charge in [0.1, 0.15) is 6.04 Å². The van der Waals surface area contributed by atoms with Crippen LogP contribution in [0.15, 0.2) is 24.7 Å². The highest BCUT2D eigenvalue weighted by atomic mass is 16.5. The molecular weight excluding hydrogens is 422 g/mol. The first kappa shape index (κ1) is 21.8. The maximum absolute atomic E-state index is 12.1. The monoisotopic (exact) mass is 453 g/mol. The summed E-state index contributed by atoms with van der Waals surface area (Å²) in [5.41, 5.74) is 3.95. The van der Waals surface area contributed by atoms with E-state index in [1.54, 1.807) is 11.8 Å². The quantitative estimate of drug-likeness (QED) is 0.501. The Morgan fingerprint density at radius 2 is 2.09 bits per heavy atom. The molecule has 1 amide bonds. The van der Waals surface area contributed by atoms with Crippen LogP contribution >= 0.6 is 0 Å². The zero-order valence-corrected chi connectivity index (χ0v) is 19.1. The number of anilines is 1. The molecule has 3 aromatic heterocycles. The molecule has 1 aliphatic carbocycles. The van der Waals surface area contributed by atoms with Crippen molar-refractivity contribution in [1.29, 1.82) is 0 Å². The lowest BCUT2D eigenvalue weighted by Gasteiger charge is -2.25. The van der Waals surface area contributed by atoms with Gasteiger partial charge in [0.25, 0.3) is 0 Å². The Morgan fingerprint density at radius 3 is 2.82 bits per heavy atom. The number of ether oxygens (including phenoxy) is 1. The van der Waals surface area contributed by atoms with Gasteiger partial charge >= 0.3 is 0 Å². The molecule has 2 atom stereocenters. The van der Waals surface area contributed by atoms with Gasteiger partial charge in [-0.15, -0.1) is 5.10 Å². The highest BCUT2D eigenvalue weighted by Crippen LogP contribution is 2.37. The average molecular weight is 454 g/mol. The number of methoxy groups -OCH3 is 1. The maximum Gasteiger partial charge on any atom is 0.244 e. The van der Waals surface area contributed by atoms with E-state index in [0.29, 0.717) is 25.0 Å². The molecule has 0 bridgehead atoms. The third kappa shape index (κ3) is 4.32. The van der Waals surface area contributed by atoms with E-state index in [4.69, 9.17) is 9.84 Å². The van der Waals surface area contributed by atoms with Gasteiger partial charge < -0.3 is 20.5 Å². The standard InChI is InChI=1S/C23H31N7O3/c1-14(13-33-2)27-23-25-11-21-18(16-10-26-29(12-16)19-7-8-24-22(19)32)9-20(30(21)28-23)15-3-5-17(31)6-4-15/h9-12,14-15,17,19,31H,3-8,13H2,1-2H3,(H,24,32)(H,27,28)/t14-,15?,17?,19+/m0/s1. The van der Waals surface area contributed by atoms with Gasteiger partial charge in [-0.1, -0.05) is 0 Å². The Labute approximate surface area is 192 Å². The molecule has 3 aromatic rings. The average Bonchev–Trinajstić information content (AvgIpc) is 3.52. The van der Waals surface area contributed by atoms with Gasteiger partial charge in [-0.3, -0.25) is 9.48 Å². The predicted octanol–water partition coefficient (Wildman–Crippen LogP) is 2.12. The third-order valence-electron chi connectivity index (χ3n) is 6.70. The molecule has 3 N–H and O–H groups in total. The van der Waals surface area contributed by atoms with Crippen molar-refractivity contribution in [2.75, 3.05) is 25.6 Å². The van der Waals surface area contributed by atoms with Gasteiger partial charge in [0, 0.05) is 48.6 Å². The van der Waals surface area contributed by atoms with Gasteiger partial charge in [-0.25, -0.2) is 9.50 Å². The Hall–Kier alpha value is -2.98. The van der Waals surface area contributed by atoms with E-state index in [-0.39, 0.29) is 24.1 Å². The molecule has 10 nitrogen and oxygen atoms in total. The lowest BCUT2D eigenvalue weighted by Crippen LogP contribution is -2.23. The number of nitrogens with one attached hydrogen (secondary N) is 2. The molecule has 5 rings (SSSR count). The number of aliphatic hydroxyl groups is 1. The van der Waals surface area contributed by atoms with Crippen LogP contribution in [0.2, 0.25) is 0 Å². The summed E-state index contributed by atoms with van der Waals surface area (Å²) in [7, 11) is 1.67. The minimum Gasteiger partial charge on any atom is -0.393 e. The fourth-order valence-corrected chi connectivity index (χ4v) is 4.97. The van der Waals surface area contributed by atoms with Crippen LogP contribution in [0.5, 0.6) is 0 Å².